The molecule has 108 valence electrons. The van der Waals surface area contributed by atoms with Gasteiger partial charge in [-0.2, -0.15) is 11.8 Å². The normalized spacial score (nSPS) is 34.4. The lowest BCUT2D eigenvalue weighted by Gasteiger charge is -2.17. The molecular formula is C14H23NO3S. The van der Waals surface area contributed by atoms with Crippen molar-refractivity contribution in [2.45, 2.75) is 32.6 Å². The Morgan fingerprint density at radius 3 is 2.58 bits per heavy atom. The lowest BCUT2D eigenvalue weighted by Crippen LogP contribution is -2.37. The molecule has 1 saturated heterocycles. The smallest absolute Gasteiger partial charge is 0.307 e. The molecule has 2 aliphatic rings. The molecule has 1 amide bonds. The summed E-state index contributed by atoms with van der Waals surface area (Å²) in [6, 6.07) is 0. The average Bonchev–Trinajstić information content (AvgIpc) is 3.04. The SMILES string of the molecule is CCC1C[C@H](C(=O)NCC2CCSC2)[C@H](C(=O)O)C1. The van der Waals surface area contributed by atoms with Crippen molar-refractivity contribution in [1.29, 1.82) is 0 Å². The average molecular weight is 285 g/mol. The zero-order valence-electron chi connectivity index (χ0n) is 11.4. The van der Waals surface area contributed by atoms with Gasteiger partial charge >= 0.3 is 5.97 Å². The third-order valence-corrected chi connectivity index (χ3v) is 5.71. The molecule has 0 aromatic carbocycles. The summed E-state index contributed by atoms with van der Waals surface area (Å²) in [5.41, 5.74) is 0. The topological polar surface area (TPSA) is 66.4 Å². The number of rotatable bonds is 5. The molecule has 0 bridgehead atoms. The fourth-order valence-corrected chi connectivity index (χ4v) is 4.44. The summed E-state index contributed by atoms with van der Waals surface area (Å²) in [6.45, 7) is 2.78. The van der Waals surface area contributed by atoms with E-state index in [2.05, 4.69) is 12.2 Å². The van der Waals surface area contributed by atoms with Gasteiger partial charge in [-0.3, -0.25) is 9.59 Å². The van der Waals surface area contributed by atoms with E-state index in [0.717, 1.165) is 25.0 Å². The van der Waals surface area contributed by atoms with E-state index in [1.807, 2.05) is 11.8 Å². The highest BCUT2D eigenvalue weighted by molar-refractivity contribution is 7.99. The number of nitrogens with one attached hydrogen (secondary N) is 1. The minimum Gasteiger partial charge on any atom is -0.481 e. The molecule has 0 aromatic rings. The molecule has 1 saturated carbocycles. The third-order valence-electron chi connectivity index (χ3n) is 4.48. The molecule has 19 heavy (non-hydrogen) atoms. The predicted molar refractivity (Wildman–Crippen MR) is 76.1 cm³/mol. The van der Waals surface area contributed by atoms with E-state index in [9.17, 15) is 14.7 Å². The van der Waals surface area contributed by atoms with E-state index in [0.29, 0.717) is 24.8 Å². The lowest BCUT2D eigenvalue weighted by atomic mass is 9.95. The van der Waals surface area contributed by atoms with Gasteiger partial charge in [-0.15, -0.1) is 0 Å². The molecule has 5 heteroatoms. The molecule has 0 radical (unpaired) electrons. The van der Waals surface area contributed by atoms with Crippen molar-refractivity contribution >= 4 is 23.6 Å². The molecule has 4 atom stereocenters. The molecule has 1 aliphatic carbocycles. The van der Waals surface area contributed by atoms with E-state index in [-0.39, 0.29) is 11.8 Å². The van der Waals surface area contributed by atoms with Crippen molar-refractivity contribution in [1.82, 2.24) is 5.32 Å². The van der Waals surface area contributed by atoms with E-state index < -0.39 is 11.9 Å². The van der Waals surface area contributed by atoms with E-state index in [1.54, 1.807) is 0 Å². The van der Waals surface area contributed by atoms with Gasteiger partial charge in [0.05, 0.1) is 11.8 Å². The van der Waals surface area contributed by atoms with Gasteiger partial charge < -0.3 is 10.4 Å². The highest BCUT2D eigenvalue weighted by Crippen LogP contribution is 2.38. The second kappa shape index (κ2) is 6.64. The minimum absolute atomic E-state index is 0.0414. The van der Waals surface area contributed by atoms with Crippen LogP contribution in [0.3, 0.4) is 0 Å². The number of hydrogen-bond donors (Lipinski definition) is 2. The van der Waals surface area contributed by atoms with Gasteiger partial charge in [0.1, 0.15) is 0 Å². The Kier molecular flexibility index (Phi) is 5.13. The highest BCUT2D eigenvalue weighted by atomic mass is 32.2. The van der Waals surface area contributed by atoms with Crippen molar-refractivity contribution in [2.75, 3.05) is 18.1 Å². The quantitative estimate of drug-likeness (QED) is 0.811. The zero-order valence-corrected chi connectivity index (χ0v) is 12.2. The van der Waals surface area contributed by atoms with E-state index in [4.69, 9.17) is 0 Å². The molecule has 2 fully saturated rings. The fourth-order valence-electron chi connectivity index (χ4n) is 3.16. The van der Waals surface area contributed by atoms with E-state index >= 15 is 0 Å². The molecule has 2 N–H and O–H groups in total. The maximum Gasteiger partial charge on any atom is 0.307 e. The number of hydrogen-bond acceptors (Lipinski definition) is 3. The van der Waals surface area contributed by atoms with Gasteiger partial charge in [0.2, 0.25) is 5.91 Å². The van der Waals surface area contributed by atoms with Gasteiger partial charge in [-0.1, -0.05) is 13.3 Å². The number of amides is 1. The van der Waals surface area contributed by atoms with Crippen LogP contribution in [0.2, 0.25) is 0 Å². The molecule has 2 unspecified atom stereocenters. The van der Waals surface area contributed by atoms with Crippen molar-refractivity contribution in [3.8, 4) is 0 Å². The Hall–Kier alpha value is -0.710. The van der Waals surface area contributed by atoms with Crippen molar-refractivity contribution < 1.29 is 14.7 Å². The number of carbonyl (C=O) groups excluding carboxylic acids is 1. The minimum atomic E-state index is -0.812. The Morgan fingerprint density at radius 2 is 2.00 bits per heavy atom. The summed E-state index contributed by atoms with van der Waals surface area (Å²) in [6.07, 6.45) is 3.52. The Morgan fingerprint density at radius 1 is 1.26 bits per heavy atom. The first kappa shape index (κ1) is 14.7. The monoisotopic (exact) mass is 285 g/mol. The maximum atomic E-state index is 12.2. The number of carboxylic acid groups (broad SMARTS) is 1. The molecule has 0 spiro atoms. The molecule has 1 heterocycles. The second-order valence-electron chi connectivity index (χ2n) is 5.77. The van der Waals surface area contributed by atoms with Crippen molar-refractivity contribution in [2.24, 2.45) is 23.7 Å². The van der Waals surface area contributed by atoms with Crippen LogP contribution in [0.4, 0.5) is 0 Å². The fraction of sp³-hybridized carbons (Fsp3) is 0.857. The van der Waals surface area contributed by atoms with Crippen LogP contribution >= 0.6 is 11.8 Å². The van der Waals surface area contributed by atoms with Crippen LogP contribution in [0, 0.1) is 23.7 Å². The van der Waals surface area contributed by atoms with Gasteiger partial charge in [0.15, 0.2) is 0 Å². The summed E-state index contributed by atoms with van der Waals surface area (Å²) >= 11 is 1.93. The standard InChI is InChI=1S/C14H23NO3S/c1-2-9-5-11(12(6-9)14(17)18)13(16)15-7-10-3-4-19-8-10/h9-12H,2-8H2,1H3,(H,15,16)(H,17,18)/t9?,10?,11-,12+/m0/s1. The first-order valence-electron chi connectivity index (χ1n) is 7.20. The Bertz CT molecular complexity index is 342. The zero-order chi connectivity index (χ0) is 13.8. The molecule has 4 nitrogen and oxygen atoms in total. The van der Waals surface area contributed by atoms with Crippen LogP contribution in [0.1, 0.15) is 32.6 Å². The van der Waals surface area contributed by atoms with Gasteiger partial charge in [0.25, 0.3) is 0 Å². The van der Waals surface area contributed by atoms with Crippen molar-refractivity contribution in [3.05, 3.63) is 0 Å². The predicted octanol–water partition coefficient (Wildman–Crippen LogP) is 1.99. The number of carboxylic acids is 1. The molecular weight excluding hydrogens is 262 g/mol. The van der Waals surface area contributed by atoms with Crippen LogP contribution in [0.15, 0.2) is 0 Å². The summed E-state index contributed by atoms with van der Waals surface area (Å²) < 4.78 is 0. The number of thioether (sulfide) groups is 1. The largest absolute Gasteiger partial charge is 0.481 e. The maximum absolute atomic E-state index is 12.2. The highest BCUT2D eigenvalue weighted by Gasteiger charge is 2.42. The van der Waals surface area contributed by atoms with Gasteiger partial charge in [0, 0.05) is 6.54 Å². The Balaban J connectivity index is 1.87. The lowest BCUT2D eigenvalue weighted by molar-refractivity contribution is -0.146. The van der Waals surface area contributed by atoms with E-state index in [1.165, 1.54) is 5.75 Å². The van der Waals surface area contributed by atoms with Gasteiger partial charge in [-0.05, 0) is 42.6 Å². The van der Waals surface area contributed by atoms with Crippen LogP contribution < -0.4 is 5.32 Å². The summed E-state index contributed by atoms with van der Waals surface area (Å²) in [4.78, 5) is 23.5. The van der Waals surface area contributed by atoms with Gasteiger partial charge in [-0.25, -0.2) is 0 Å². The first-order valence-corrected chi connectivity index (χ1v) is 8.35. The molecule has 1 aliphatic heterocycles. The van der Waals surface area contributed by atoms with Crippen molar-refractivity contribution in [3.63, 3.8) is 0 Å². The number of aliphatic carboxylic acids is 1. The third kappa shape index (κ3) is 3.65. The van der Waals surface area contributed by atoms with Crippen LogP contribution in [-0.2, 0) is 9.59 Å². The van der Waals surface area contributed by atoms with Crippen LogP contribution in [0.5, 0.6) is 0 Å². The second-order valence-corrected chi connectivity index (χ2v) is 6.92. The summed E-state index contributed by atoms with van der Waals surface area (Å²) in [5, 5.41) is 12.2. The molecule has 2 rings (SSSR count). The first-order chi connectivity index (χ1) is 9.11. The van der Waals surface area contributed by atoms with Crippen LogP contribution in [0.25, 0.3) is 0 Å². The van der Waals surface area contributed by atoms with Crippen LogP contribution in [-0.4, -0.2) is 35.0 Å². The summed E-state index contributed by atoms with van der Waals surface area (Å²) in [5.74, 6) is 1.59. The Labute approximate surface area is 118 Å². The molecule has 0 aromatic heterocycles. The number of carbonyl (C=O) groups is 2. The summed E-state index contributed by atoms with van der Waals surface area (Å²) in [7, 11) is 0.